The highest BCUT2D eigenvalue weighted by Crippen LogP contribution is 2.22. The molecule has 1 unspecified atom stereocenters. The number of unbranched alkanes of at least 4 members (excludes halogenated alkanes) is 1. The van der Waals surface area contributed by atoms with Gasteiger partial charge < -0.3 is 9.53 Å². The Morgan fingerprint density at radius 1 is 1.58 bits per heavy atom. The van der Waals surface area contributed by atoms with Crippen LogP contribution in [-0.2, 0) is 14.3 Å². The maximum absolute atomic E-state index is 11.1. The first-order valence-corrected chi connectivity index (χ1v) is 4.15. The van der Waals surface area contributed by atoms with Crippen molar-refractivity contribution in [2.24, 2.45) is 5.41 Å². The first-order valence-electron chi connectivity index (χ1n) is 4.15. The van der Waals surface area contributed by atoms with Gasteiger partial charge in [0.2, 0.25) is 0 Å². The molecule has 0 saturated heterocycles. The van der Waals surface area contributed by atoms with E-state index in [0.29, 0.717) is 12.7 Å². The van der Waals surface area contributed by atoms with Gasteiger partial charge >= 0.3 is 5.97 Å². The zero-order valence-electron chi connectivity index (χ0n) is 7.92. The van der Waals surface area contributed by atoms with Gasteiger partial charge in [-0.1, -0.05) is 19.8 Å². The highest BCUT2D eigenvalue weighted by atomic mass is 16.5. The summed E-state index contributed by atoms with van der Waals surface area (Å²) < 4.78 is 4.53. The molecule has 3 heteroatoms. The molecule has 0 aliphatic carbocycles. The summed E-state index contributed by atoms with van der Waals surface area (Å²) in [4.78, 5) is 21.7. The van der Waals surface area contributed by atoms with Gasteiger partial charge in [-0.25, -0.2) is 0 Å². The summed E-state index contributed by atoms with van der Waals surface area (Å²) in [6.45, 7) is 3.63. The lowest BCUT2D eigenvalue weighted by Gasteiger charge is -2.18. The van der Waals surface area contributed by atoms with E-state index in [1.54, 1.807) is 6.92 Å². The first kappa shape index (κ1) is 11.1. The third kappa shape index (κ3) is 2.64. The van der Waals surface area contributed by atoms with E-state index in [4.69, 9.17) is 0 Å². The number of aldehydes is 1. The largest absolute Gasteiger partial charge is 0.468 e. The van der Waals surface area contributed by atoms with Crippen LogP contribution in [0.1, 0.15) is 33.1 Å². The minimum absolute atomic E-state index is 0.439. The monoisotopic (exact) mass is 172 g/mol. The van der Waals surface area contributed by atoms with E-state index in [-0.39, 0.29) is 0 Å². The molecule has 12 heavy (non-hydrogen) atoms. The third-order valence-corrected chi connectivity index (χ3v) is 1.96. The van der Waals surface area contributed by atoms with Crippen LogP contribution in [0.3, 0.4) is 0 Å². The molecule has 0 aliphatic rings. The topological polar surface area (TPSA) is 43.4 Å². The van der Waals surface area contributed by atoms with E-state index >= 15 is 0 Å². The van der Waals surface area contributed by atoms with Crippen molar-refractivity contribution in [1.29, 1.82) is 0 Å². The average Bonchev–Trinajstić information content (AvgIpc) is 2.12. The normalized spacial score (nSPS) is 14.9. The van der Waals surface area contributed by atoms with Gasteiger partial charge in [-0.2, -0.15) is 0 Å². The van der Waals surface area contributed by atoms with Crippen LogP contribution in [0, 0.1) is 5.41 Å². The molecule has 0 radical (unpaired) electrons. The summed E-state index contributed by atoms with van der Waals surface area (Å²) in [5.41, 5.74) is -0.940. The smallest absolute Gasteiger partial charge is 0.318 e. The fourth-order valence-electron chi connectivity index (χ4n) is 0.986. The maximum atomic E-state index is 11.1. The Bertz CT molecular complexity index is 165. The van der Waals surface area contributed by atoms with Gasteiger partial charge in [0.15, 0.2) is 0 Å². The molecule has 0 bridgehead atoms. The molecule has 0 aliphatic heterocycles. The quantitative estimate of drug-likeness (QED) is 0.359. The maximum Gasteiger partial charge on any atom is 0.318 e. The van der Waals surface area contributed by atoms with Crippen molar-refractivity contribution in [3.05, 3.63) is 0 Å². The lowest BCUT2D eigenvalue weighted by molar-refractivity contribution is -0.154. The Balaban J connectivity index is 4.23. The van der Waals surface area contributed by atoms with Crippen molar-refractivity contribution >= 4 is 12.3 Å². The standard InChI is InChI=1S/C9H16O3/c1-4-5-6-9(2,7-10)8(11)12-3/h7H,4-6H2,1-3H3. The molecule has 0 aromatic heterocycles. The molecule has 70 valence electrons. The van der Waals surface area contributed by atoms with Crippen molar-refractivity contribution in [3.8, 4) is 0 Å². The number of ether oxygens (including phenoxy) is 1. The summed E-state index contributed by atoms with van der Waals surface area (Å²) in [5, 5.41) is 0. The van der Waals surface area contributed by atoms with Crippen LogP contribution >= 0.6 is 0 Å². The van der Waals surface area contributed by atoms with Gasteiger partial charge in [-0.15, -0.1) is 0 Å². The van der Waals surface area contributed by atoms with Crippen LogP contribution in [0.15, 0.2) is 0 Å². The molecule has 0 fully saturated rings. The predicted molar refractivity (Wildman–Crippen MR) is 45.7 cm³/mol. The molecule has 1 atom stereocenters. The van der Waals surface area contributed by atoms with Crippen molar-refractivity contribution in [2.75, 3.05) is 7.11 Å². The Hall–Kier alpha value is -0.860. The van der Waals surface area contributed by atoms with Crippen molar-refractivity contribution in [2.45, 2.75) is 33.1 Å². The van der Waals surface area contributed by atoms with E-state index in [9.17, 15) is 9.59 Å². The third-order valence-electron chi connectivity index (χ3n) is 1.96. The van der Waals surface area contributed by atoms with Crippen LogP contribution in [0.25, 0.3) is 0 Å². The SMILES string of the molecule is CCCCC(C)(C=O)C(=O)OC. The Labute approximate surface area is 73.1 Å². The molecule has 0 amide bonds. The number of hydrogen-bond donors (Lipinski definition) is 0. The number of methoxy groups -OCH3 is 1. The van der Waals surface area contributed by atoms with Crippen molar-refractivity contribution in [1.82, 2.24) is 0 Å². The molecule has 3 nitrogen and oxygen atoms in total. The molecule has 0 N–H and O–H groups in total. The number of rotatable bonds is 5. The second kappa shape index (κ2) is 4.91. The fraction of sp³-hybridized carbons (Fsp3) is 0.778. The van der Waals surface area contributed by atoms with Crippen LogP contribution in [0.4, 0.5) is 0 Å². The molecule has 0 aromatic carbocycles. The highest BCUT2D eigenvalue weighted by Gasteiger charge is 2.33. The lowest BCUT2D eigenvalue weighted by atomic mass is 9.87. The average molecular weight is 172 g/mol. The summed E-state index contributed by atoms with van der Waals surface area (Å²) in [6, 6.07) is 0. The van der Waals surface area contributed by atoms with Gasteiger partial charge in [-0.05, 0) is 13.3 Å². The number of carbonyl (C=O) groups excluding carboxylic acids is 2. The Morgan fingerprint density at radius 2 is 2.17 bits per heavy atom. The van der Waals surface area contributed by atoms with Gasteiger partial charge in [0.1, 0.15) is 11.7 Å². The van der Waals surface area contributed by atoms with Gasteiger partial charge in [0.25, 0.3) is 0 Å². The van der Waals surface area contributed by atoms with Crippen LogP contribution < -0.4 is 0 Å². The van der Waals surface area contributed by atoms with Gasteiger partial charge in [0, 0.05) is 0 Å². The fourth-order valence-corrected chi connectivity index (χ4v) is 0.986. The molecule has 0 aromatic rings. The second-order valence-corrected chi connectivity index (χ2v) is 3.13. The van der Waals surface area contributed by atoms with Gasteiger partial charge in [0.05, 0.1) is 7.11 Å². The van der Waals surface area contributed by atoms with E-state index < -0.39 is 11.4 Å². The van der Waals surface area contributed by atoms with Crippen LogP contribution in [-0.4, -0.2) is 19.4 Å². The molecule has 0 heterocycles. The zero-order chi connectivity index (χ0) is 9.61. The molecular weight excluding hydrogens is 156 g/mol. The zero-order valence-corrected chi connectivity index (χ0v) is 7.92. The highest BCUT2D eigenvalue weighted by molar-refractivity contribution is 5.92. The predicted octanol–water partition coefficient (Wildman–Crippen LogP) is 1.55. The Morgan fingerprint density at radius 3 is 2.50 bits per heavy atom. The van der Waals surface area contributed by atoms with Crippen molar-refractivity contribution < 1.29 is 14.3 Å². The second-order valence-electron chi connectivity index (χ2n) is 3.13. The number of carbonyl (C=O) groups is 2. The summed E-state index contributed by atoms with van der Waals surface area (Å²) in [6.07, 6.45) is 3.08. The van der Waals surface area contributed by atoms with Gasteiger partial charge in [-0.3, -0.25) is 4.79 Å². The van der Waals surface area contributed by atoms with E-state index in [0.717, 1.165) is 12.8 Å². The number of esters is 1. The van der Waals surface area contributed by atoms with E-state index in [1.165, 1.54) is 7.11 Å². The molecular formula is C9H16O3. The van der Waals surface area contributed by atoms with Crippen molar-refractivity contribution in [3.63, 3.8) is 0 Å². The van der Waals surface area contributed by atoms with Crippen LogP contribution in [0.5, 0.6) is 0 Å². The summed E-state index contributed by atoms with van der Waals surface area (Å²) in [5.74, 6) is -0.439. The lowest BCUT2D eigenvalue weighted by Crippen LogP contribution is -2.30. The summed E-state index contributed by atoms with van der Waals surface area (Å²) in [7, 11) is 1.30. The summed E-state index contributed by atoms with van der Waals surface area (Å²) >= 11 is 0. The number of hydrogen-bond acceptors (Lipinski definition) is 3. The van der Waals surface area contributed by atoms with E-state index in [1.807, 2.05) is 6.92 Å². The molecule has 0 saturated carbocycles. The molecule has 0 rings (SSSR count). The minimum atomic E-state index is -0.940. The van der Waals surface area contributed by atoms with E-state index in [2.05, 4.69) is 4.74 Å². The minimum Gasteiger partial charge on any atom is -0.468 e. The molecule has 0 spiro atoms. The van der Waals surface area contributed by atoms with Crippen LogP contribution in [0.2, 0.25) is 0 Å². The Kier molecular flexibility index (Phi) is 4.55. The first-order chi connectivity index (χ1) is 5.60.